The van der Waals surface area contributed by atoms with Crippen molar-refractivity contribution in [1.82, 2.24) is 0 Å². The summed E-state index contributed by atoms with van der Waals surface area (Å²) < 4.78 is 2.64. The van der Waals surface area contributed by atoms with Crippen molar-refractivity contribution in [2.75, 3.05) is 0 Å². The van der Waals surface area contributed by atoms with Gasteiger partial charge in [-0.05, 0) is 135 Å². The SMILES string of the molecule is c1ccc2c(c1)-c1ccccc1-c1cc(-c3ccc4c5ccccc5c5ccccc5c4c3)cc(-c3ccc4sc5ccccc5c4c3)c1-c1ccccc1-2. The highest BCUT2D eigenvalue weighted by atomic mass is 32.1. The Morgan fingerprint density at radius 3 is 1.27 bits per heavy atom. The van der Waals surface area contributed by atoms with Gasteiger partial charge in [-0.15, -0.1) is 11.3 Å². The molecular formula is C54H32S. The third-order valence-electron chi connectivity index (χ3n) is 11.8. The van der Waals surface area contributed by atoms with Crippen LogP contribution >= 0.6 is 11.3 Å². The van der Waals surface area contributed by atoms with Crippen LogP contribution < -0.4 is 0 Å². The summed E-state index contributed by atoms with van der Waals surface area (Å²) in [4.78, 5) is 0. The van der Waals surface area contributed by atoms with Crippen molar-refractivity contribution in [2.45, 2.75) is 0 Å². The highest BCUT2D eigenvalue weighted by molar-refractivity contribution is 7.25. The van der Waals surface area contributed by atoms with Crippen molar-refractivity contribution in [3.8, 4) is 66.8 Å². The van der Waals surface area contributed by atoms with Crippen molar-refractivity contribution >= 4 is 63.8 Å². The van der Waals surface area contributed by atoms with Crippen LogP contribution in [0.1, 0.15) is 0 Å². The molecule has 0 saturated heterocycles. The van der Waals surface area contributed by atoms with E-state index in [1.165, 1.54) is 119 Å². The molecule has 0 radical (unpaired) electrons. The molecule has 10 aromatic carbocycles. The predicted molar refractivity (Wildman–Crippen MR) is 238 cm³/mol. The topological polar surface area (TPSA) is 0 Å². The van der Waals surface area contributed by atoms with Crippen molar-refractivity contribution in [2.24, 2.45) is 0 Å². The molecule has 0 unspecified atom stereocenters. The third-order valence-corrected chi connectivity index (χ3v) is 13.0. The van der Waals surface area contributed by atoms with Gasteiger partial charge >= 0.3 is 0 Å². The van der Waals surface area contributed by atoms with Gasteiger partial charge in [0.05, 0.1) is 0 Å². The Kier molecular flexibility index (Phi) is 6.60. The van der Waals surface area contributed by atoms with Crippen LogP contribution in [0, 0.1) is 0 Å². The first-order chi connectivity index (χ1) is 27.3. The monoisotopic (exact) mass is 712 g/mol. The lowest BCUT2D eigenvalue weighted by molar-refractivity contribution is 1.51. The molecule has 0 aliphatic heterocycles. The first-order valence-corrected chi connectivity index (χ1v) is 19.8. The predicted octanol–water partition coefficient (Wildman–Crippen LogP) is 15.8. The number of thiophene rings is 1. The summed E-state index contributed by atoms with van der Waals surface area (Å²) in [7, 11) is 0. The average molecular weight is 713 g/mol. The number of benzene rings is 10. The molecule has 0 fully saturated rings. The van der Waals surface area contributed by atoms with E-state index in [1.54, 1.807) is 0 Å². The summed E-state index contributed by atoms with van der Waals surface area (Å²) in [6.45, 7) is 0. The lowest BCUT2D eigenvalue weighted by Crippen LogP contribution is -1.99. The van der Waals surface area contributed by atoms with E-state index in [-0.39, 0.29) is 0 Å². The summed E-state index contributed by atoms with van der Waals surface area (Å²) in [5.74, 6) is 0. The van der Waals surface area contributed by atoms with Gasteiger partial charge in [0.25, 0.3) is 0 Å². The van der Waals surface area contributed by atoms with Crippen molar-refractivity contribution in [3.63, 3.8) is 0 Å². The maximum absolute atomic E-state index is 2.46. The van der Waals surface area contributed by atoms with Gasteiger partial charge in [0.2, 0.25) is 0 Å². The van der Waals surface area contributed by atoms with E-state index in [0.717, 1.165) is 0 Å². The first-order valence-electron chi connectivity index (χ1n) is 19.0. The number of fused-ring (bicyclic) bond motifs is 17. The molecule has 0 N–H and O–H groups in total. The molecule has 1 aliphatic carbocycles. The van der Waals surface area contributed by atoms with Crippen LogP contribution in [0.3, 0.4) is 0 Å². The van der Waals surface area contributed by atoms with Crippen molar-refractivity contribution in [1.29, 1.82) is 0 Å². The lowest BCUT2D eigenvalue weighted by Gasteiger charge is -2.26. The molecule has 11 aromatic rings. The van der Waals surface area contributed by atoms with E-state index in [0.29, 0.717) is 0 Å². The van der Waals surface area contributed by atoms with Crippen molar-refractivity contribution < 1.29 is 0 Å². The fourth-order valence-corrected chi connectivity index (χ4v) is 10.4. The smallest absolute Gasteiger partial charge is 0.0355 e. The zero-order chi connectivity index (χ0) is 36.0. The normalized spacial score (nSPS) is 12.0. The fourth-order valence-electron chi connectivity index (χ4n) is 9.36. The summed E-state index contributed by atoms with van der Waals surface area (Å²) >= 11 is 1.87. The minimum Gasteiger partial charge on any atom is -0.135 e. The largest absolute Gasteiger partial charge is 0.135 e. The van der Waals surface area contributed by atoms with Crippen LogP contribution in [0.4, 0.5) is 0 Å². The van der Waals surface area contributed by atoms with Gasteiger partial charge in [0.15, 0.2) is 0 Å². The average Bonchev–Trinajstić information content (AvgIpc) is 3.63. The van der Waals surface area contributed by atoms with E-state index < -0.39 is 0 Å². The molecule has 0 atom stereocenters. The van der Waals surface area contributed by atoms with Gasteiger partial charge in [0.1, 0.15) is 0 Å². The maximum atomic E-state index is 2.46. The molecule has 12 rings (SSSR count). The first kappa shape index (κ1) is 30.6. The zero-order valence-corrected chi connectivity index (χ0v) is 30.7. The van der Waals surface area contributed by atoms with Gasteiger partial charge in [0, 0.05) is 20.2 Å². The van der Waals surface area contributed by atoms with E-state index in [1.807, 2.05) is 11.3 Å². The third kappa shape index (κ3) is 4.57. The quantitative estimate of drug-likeness (QED) is 0.157. The summed E-state index contributed by atoms with van der Waals surface area (Å²) in [5, 5.41) is 10.4. The standard InChI is InChI=1S/C54H32S/c1-3-15-38-36(13-1)40-17-6-8-21-44(40)51-32-35(33-25-27-45-41-18-4-2-14-37(41)39-16-5-7-20-43(39)49(45)29-33)31-48(54(51)47-23-10-9-19-42(38)47)34-26-28-53-50(30-34)46-22-11-12-24-52(46)55-53/h1-32H. The van der Waals surface area contributed by atoms with Crippen LogP contribution in [0.5, 0.6) is 0 Å². The van der Waals surface area contributed by atoms with Crippen LogP contribution in [0.2, 0.25) is 0 Å². The molecule has 0 saturated carbocycles. The van der Waals surface area contributed by atoms with Gasteiger partial charge in [-0.3, -0.25) is 0 Å². The van der Waals surface area contributed by atoms with Gasteiger partial charge < -0.3 is 0 Å². The summed E-state index contributed by atoms with van der Waals surface area (Å²) in [5.41, 5.74) is 15.0. The van der Waals surface area contributed by atoms with E-state index in [2.05, 4.69) is 194 Å². The van der Waals surface area contributed by atoms with Gasteiger partial charge in [-0.2, -0.15) is 0 Å². The molecule has 0 amide bonds. The van der Waals surface area contributed by atoms with Crippen LogP contribution in [-0.4, -0.2) is 0 Å². The van der Waals surface area contributed by atoms with E-state index >= 15 is 0 Å². The van der Waals surface area contributed by atoms with Crippen LogP contribution in [0.15, 0.2) is 194 Å². The number of hydrogen-bond acceptors (Lipinski definition) is 1. The Hall–Kier alpha value is -6.80. The minimum atomic E-state index is 1.21. The summed E-state index contributed by atoms with van der Waals surface area (Å²) in [6, 6.07) is 72.6. The molecule has 1 heteroatoms. The van der Waals surface area contributed by atoms with Crippen LogP contribution in [0.25, 0.3) is 119 Å². The maximum Gasteiger partial charge on any atom is 0.0355 e. The highest BCUT2D eigenvalue weighted by Gasteiger charge is 2.25. The minimum absolute atomic E-state index is 1.21. The zero-order valence-electron chi connectivity index (χ0n) is 29.9. The molecule has 0 nitrogen and oxygen atoms in total. The second-order valence-corrected chi connectivity index (χ2v) is 15.8. The summed E-state index contributed by atoms with van der Waals surface area (Å²) in [6.07, 6.45) is 0. The second-order valence-electron chi connectivity index (χ2n) is 14.7. The number of rotatable bonds is 2. The second kappa shape index (κ2) is 11.9. The molecule has 1 aromatic heterocycles. The molecular weight excluding hydrogens is 681 g/mol. The Morgan fingerprint density at radius 2 is 0.636 bits per heavy atom. The van der Waals surface area contributed by atoms with Crippen LogP contribution in [-0.2, 0) is 0 Å². The van der Waals surface area contributed by atoms with Gasteiger partial charge in [-0.25, -0.2) is 0 Å². The molecule has 1 heterocycles. The van der Waals surface area contributed by atoms with Crippen molar-refractivity contribution in [3.05, 3.63) is 194 Å². The molecule has 0 spiro atoms. The highest BCUT2D eigenvalue weighted by Crippen LogP contribution is 2.52. The lowest BCUT2D eigenvalue weighted by atomic mass is 9.77. The molecule has 1 aliphatic rings. The Bertz CT molecular complexity index is 3340. The Labute approximate surface area is 323 Å². The molecule has 254 valence electrons. The van der Waals surface area contributed by atoms with E-state index in [4.69, 9.17) is 0 Å². The number of hydrogen-bond donors (Lipinski definition) is 0. The van der Waals surface area contributed by atoms with Gasteiger partial charge in [-0.1, -0.05) is 158 Å². The molecule has 0 bridgehead atoms. The molecule has 55 heavy (non-hydrogen) atoms. The Balaban J connectivity index is 1.22. The Morgan fingerprint density at radius 1 is 0.218 bits per heavy atom. The fraction of sp³-hybridized carbons (Fsp3) is 0. The van der Waals surface area contributed by atoms with E-state index in [9.17, 15) is 0 Å².